The third kappa shape index (κ3) is 5.40. The minimum atomic E-state index is -1.08. The van der Waals surface area contributed by atoms with E-state index >= 15 is 0 Å². The number of ether oxygens (including phenoxy) is 1. The third-order valence-corrected chi connectivity index (χ3v) is 4.39. The van der Waals surface area contributed by atoms with Crippen LogP contribution in [0.1, 0.15) is 5.56 Å². The maximum atomic E-state index is 13.2. The van der Waals surface area contributed by atoms with Crippen molar-refractivity contribution < 1.29 is 9.13 Å². The fourth-order valence-electron chi connectivity index (χ4n) is 1.46. The van der Waals surface area contributed by atoms with E-state index in [2.05, 4.69) is 25.0 Å². The van der Waals surface area contributed by atoms with Gasteiger partial charge in [-0.1, -0.05) is 19.6 Å². The lowest BCUT2D eigenvalue weighted by Gasteiger charge is -2.16. The first-order valence-electron chi connectivity index (χ1n) is 6.24. The zero-order valence-corrected chi connectivity index (χ0v) is 12.7. The second-order valence-electron chi connectivity index (χ2n) is 5.65. The predicted molar refractivity (Wildman–Crippen MR) is 81.3 cm³/mol. The van der Waals surface area contributed by atoms with Gasteiger partial charge >= 0.3 is 0 Å². The van der Waals surface area contributed by atoms with Crippen LogP contribution >= 0.6 is 0 Å². The number of anilines is 2. The molecule has 0 amide bonds. The highest BCUT2D eigenvalue weighted by Gasteiger charge is 2.12. The Morgan fingerprint density at radius 2 is 2.11 bits per heavy atom. The quantitative estimate of drug-likeness (QED) is 0.237. The Bertz CT molecular complexity index is 446. The molecule has 0 saturated heterocycles. The van der Waals surface area contributed by atoms with Crippen molar-refractivity contribution in [1.29, 1.82) is 5.41 Å². The van der Waals surface area contributed by atoms with Crippen LogP contribution in [0.2, 0.25) is 25.7 Å². The highest BCUT2D eigenvalue weighted by Crippen LogP contribution is 2.21. The van der Waals surface area contributed by atoms with Gasteiger partial charge in [0, 0.05) is 32.1 Å². The lowest BCUT2D eigenvalue weighted by Crippen LogP contribution is -2.22. The summed E-state index contributed by atoms with van der Waals surface area (Å²) in [7, 11) is -1.08. The first kappa shape index (κ1) is 15.7. The van der Waals surface area contributed by atoms with E-state index in [1.165, 1.54) is 12.1 Å². The number of hydrogen-bond donors (Lipinski definition) is 3. The minimum absolute atomic E-state index is 0.0650. The van der Waals surface area contributed by atoms with Crippen molar-refractivity contribution in [2.24, 2.45) is 0 Å². The van der Waals surface area contributed by atoms with Gasteiger partial charge in [-0.3, -0.25) is 0 Å². The standard InChI is InChI=1S/C13H22FN3OSi/c1-19(2,3)5-4-18-9-17-13-7-12(16)11(14)6-10(13)8-15/h6-8,15,17H,4-5,9,16H2,1-3H3. The molecule has 0 aliphatic rings. The predicted octanol–water partition coefficient (Wildman–Crippen LogP) is 3.13. The van der Waals surface area contributed by atoms with E-state index in [-0.39, 0.29) is 5.69 Å². The van der Waals surface area contributed by atoms with Crippen molar-refractivity contribution in [3.05, 3.63) is 23.5 Å². The van der Waals surface area contributed by atoms with Gasteiger partial charge in [0.1, 0.15) is 12.5 Å². The Morgan fingerprint density at radius 1 is 1.42 bits per heavy atom. The van der Waals surface area contributed by atoms with Crippen LogP contribution in [0.5, 0.6) is 0 Å². The summed E-state index contributed by atoms with van der Waals surface area (Å²) in [5.41, 5.74) is 6.64. The number of rotatable bonds is 7. The summed E-state index contributed by atoms with van der Waals surface area (Å²) in [4.78, 5) is 0. The lowest BCUT2D eigenvalue weighted by atomic mass is 10.1. The number of benzene rings is 1. The van der Waals surface area contributed by atoms with Crippen molar-refractivity contribution in [1.82, 2.24) is 0 Å². The van der Waals surface area contributed by atoms with Crippen LogP contribution in [0.25, 0.3) is 0 Å². The monoisotopic (exact) mass is 283 g/mol. The molecule has 0 radical (unpaired) electrons. The topological polar surface area (TPSA) is 71.1 Å². The van der Waals surface area contributed by atoms with Crippen LogP contribution in [-0.2, 0) is 4.74 Å². The Kier molecular flexibility index (Phi) is 5.50. The molecule has 0 unspecified atom stereocenters. The summed E-state index contributed by atoms with van der Waals surface area (Å²) in [5, 5.41) is 10.3. The number of nitrogens with two attached hydrogens (primary N) is 1. The van der Waals surface area contributed by atoms with E-state index in [1.54, 1.807) is 0 Å². The Morgan fingerprint density at radius 3 is 2.68 bits per heavy atom. The molecule has 19 heavy (non-hydrogen) atoms. The molecule has 6 heteroatoms. The third-order valence-electron chi connectivity index (χ3n) is 2.69. The average molecular weight is 283 g/mol. The molecule has 0 heterocycles. The van der Waals surface area contributed by atoms with E-state index in [0.717, 1.165) is 12.3 Å². The zero-order chi connectivity index (χ0) is 14.5. The molecule has 1 aromatic carbocycles. The Balaban J connectivity index is 2.49. The largest absolute Gasteiger partial charge is 0.396 e. The number of nitrogen functional groups attached to an aromatic ring is 1. The van der Waals surface area contributed by atoms with Gasteiger partial charge in [-0.25, -0.2) is 4.39 Å². The molecular weight excluding hydrogens is 261 g/mol. The molecule has 1 rings (SSSR count). The molecule has 0 aromatic heterocycles. The fourth-order valence-corrected chi connectivity index (χ4v) is 2.21. The average Bonchev–Trinajstić information content (AvgIpc) is 2.31. The SMILES string of the molecule is C[Si](C)(C)CCOCNc1cc(N)c(F)cc1C=N. The molecule has 0 aliphatic carbocycles. The molecule has 0 fully saturated rings. The molecule has 4 N–H and O–H groups in total. The molecular formula is C13H22FN3OSi. The van der Waals surface area contributed by atoms with Gasteiger partial charge in [0.25, 0.3) is 0 Å². The van der Waals surface area contributed by atoms with Crippen molar-refractivity contribution >= 4 is 25.7 Å². The van der Waals surface area contributed by atoms with E-state index in [0.29, 0.717) is 24.6 Å². The summed E-state index contributed by atoms with van der Waals surface area (Å²) >= 11 is 0. The highest BCUT2D eigenvalue weighted by atomic mass is 28.3. The molecule has 0 bridgehead atoms. The molecule has 0 saturated carbocycles. The normalized spacial score (nSPS) is 11.4. The zero-order valence-electron chi connectivity index (χ0n) is 11.7. The van der Waals surface area contributed by atoms with Gasteiger partial charge in [0.2, 0.25) is 0 Å². The molecule has 0 atom stereocenters. The van der Waals surface area contributed by atoms with Crippen molar-refractivity contribution in [3.8, 4) is 0 Å². The van der Waals surface area contributed by atoms with E-state index in [9.17, 15) is 4.39 Å². The minimum Gasteiger partial charge on any atom is -0.396 e. The maximum Gasteiger partial charge on any atom is 0.146 e. The summed E-state index contributed by atoms with van der Waals surface area (Å²) in [6.07, 6.45) is 1.09. The second-order valence-corrected chi connectivity index (χ2v) is 11.3. The van der Waals surface area contributed by atoms with Crippen LogP contribution in [0.4, 0.5) is 15.8 Å². The van der Waals surface area contributed by atoms with Crippen LogP contribution in [0.15, 0.2) is 12.1 Å². The molecule has 4 nitrogen and oxygen atoms in total. The van der Waals surface area contributed by atoms with Gasteiger partial charge in [0.15, 0.2) is 0 Å². The highest BCUT2D eigenvalue weighted by molar-refractivity contribution is 6.76. The lowest BCUT2D eigenvalue weighted by molar-refractivity contribution is 0.166. The van der Waals surface area contributed by atoms with Gasteiger partial charge < -0.3 is 21.2 Å². The van der Waals surface area contributed by atoms with E-state index in [1.807, 2.05) is 0 Å². The molecule has 0 aliphatic heterocycles. The van der Waals surface area contributed by atoms with Gasteiger partial charge in [0.05, 0.1) is 5.69 Å². The maximum absolute atomic E-state index is 13.2. The summed E-state index contributed by atoms with van der Waals surface area (Å²) in [6.45, 7) is 7.91. The molecule has 1 aromatic rings. The van der Waals surface area contributed by atoms with E-state index < -0.39 is 13.9 Å². The number of hydrogen-bond acceptors (Lipinski definition) is 4. The summed E-state index contributed by atoms with van der Waals surface area (Å²) in [6, 6.07) is 3.82. The van der Waals surface area contributed by atoms with E-state index in [4.69, 9.17) is 15.9 Å². The summed E-state index contributed by atoms with van der Waals surface area (Å²) in [5.74, 6) is -0.510. The van der Waals surface area contributed by atoms with Crippen molar-refractivity contribution in [2.45, 2.75) is 25.7 Å². The van der Waals surface area contributed by atoms with Crippen LogP contribution in [0, 0.1) is 11.2 Å². The van der Waals surface area contributed by atoms with Crippen LogP contribution < -0.4 is 11.1 Å². The smallest absolute Gasteiger partial charge is 0.146 e. The van der Waals surface area contributed by atoms with Gasteiger partial charge in [-0.05, 0) is 18.2 Å². The van der Waals surface area contributed by atoms with Crippen molar-refractivity contribution in [3.63, 3.8) is 0 Å². The fraction of sp³-hybridized carbons (Fsp3) is 0.462. The molecule has 106 valence electrons. The second kappa shape index (κ2) is 6.67. The number of nitrogens with one attached hydrogen (secondary N) is 2. The molecule has 0 spiro atoms. The first-order chi connectivity index (χ1) is 8.83. The first-order valence-corrected chi connectivity index (χ1v) is 9.95. The number of halogens is 1. The summed E-state index contributed by atoms with van der Waals surface area (Å²) < 4.78 is 18.7. The Labute approximate surface area is 114 Å². The van der Waals surface area contributed by atoms with Gasteiger partial charge in [-0.2, -0.15) is 0 Å². The van der Waals surface area contributed by atoms with Crippen LogP contribution in [-0.4, -0.2) is 27.6 Å². The Hall–Kier alpha value is -1.40. The van der Waals surface area contributed by atoms with Crippen LogP contribution in [0.3, 0.4) is 0 Å². The van der Waals surface area contributed by atoms with Crippen molar-refractivity contribution in [2.75, 3.05) is 24.4 Å². The van der Waals surface area contributed by atoms with Gasteiger partial charge in [-0.15, -0.1) is 0 Å².